The van der Waals surface area contributed by atoms with Crippen LogP contribution in [0.25, 0.3) is 0 Å². The lowest BCUT2D eigenvalue weighted by molar-refractivity contribution is -0.114. The van der Waals surface area contributed by atoms with Gasteiger partial charge in [-0.3, -0.25) is 0 Å². The first kappa shape index (κ1) is 24.8. The molecule has 0 aromatic heterocycles. The van der Waals surface area contributed by atoms with Crippen molar-refractivity contribution in [1.29, 1.82) is 5.26 Å². The molecule has 0 N–H and O–H groups in total. The van der Waals surface area contributed by atoms with Crippen molar-refractivity contribution in [3.05, 3.63) is 0 Å². The van der Waals surface area contributed by atoms with Gasteiger partial charge in [-0.05, 0) is 104 Å². The lowest BCUT2D eigenvalue weighted by atomic mass is 9.44. The fourth-order valence-electron chi connectivity index (χ4n) is 8.76. The van der Waals surface area contributed by atoms with E-state index in [-0.39, 0.29) is 0 Å². The number of nitriles is 1. The van der Waals surface area contributed by atoms with Crippen molar-refractivity contribution >= 4 is 0 Å². The Bertz CT molecular complexity index is 533. The highest BCUT2D eigenvalue weighted by atomic mass is 14.6. The van der Waals surface area contributed by atoms with Gasteiger partial charge in [0.15, 0.2) is 0 Å². The maximum Gasteiger partial charge on any atom is 0.0621 e. The molecule has 0 amide bonds. The number of hydrogen-bond donors (Lipinski definition) is 0. The molecule has 0 aromatic rings. The zero-order chi connectivity index (χ0) is 21.7. The monoisotopic (exact) mass is 401 g/mol. The second kappa shape index (κ2) is 10.7. The molecule has 1 nitrogen and oxygen atoms in total. The molecule has 0 radical (unpaired) electrons. The second-order valence-corrected chi connectivity index (χ2v) is 10.8. The lowest BCUT2D eigenvalue weighted by Gasteiger charge is -2.61. The van der Waals surface area contributed by atoms with Gasteiger partial charge in [0.2, 0.25) is 0 Å². The first-order chi connectivity index (χ1) is 14.0. The van der Waals surface area contributed by atoms with Crippen LogP contribution in [-0.4, -0.2) is 0 Å². The van der Waals surface area contributed by atoms with Crippen molar-refractivity contribution < 1.29 is 0 Å². The Hall–Kier alpha value is -0.510. The van der Waals surface area contributed by atoms with Gasteiger partial charge in [-0.1, -0.05) is 61.3 Å². The van der Waals surface area contributed by atoms with E-state index in [1.807, 2.05) is 27.7 Å². The highest BCUT2D eigenvalue weighted by Gasteiger charge is 2.59. The summed E-state index contributed by atoms with van der Waals surface area (Å²) in [6.07, 6.45) is 16.9. The van der Waals surface area contributed by atoms with E-state index >= 15 is 0 Å². The zero-order valence-corrected chi connectivity index (χ0v) is 20.9. The predicted molar refractivity (Wildman–Crippen MR) is 127 cm³/mol. The quantitative estimate of drug-likeness (QED) is 0.462. The molecule has 0 spiro atoms. The van der Waals surface area contributed by atoms with E-state index in [2.05, 4.69) is 26.8 Å². The average Bonchev–Trinajstić information content (AvgIpc) is 3.12. The molecule has 0 aliphatic heterocycles. The van der Waals surface area contributed by atoms with E-state index in [9.17, 15) is 0 Å². The topological polar surface area (TPSA) is 23.8 Å². The third-order valence-corrected chi connectivity index (χ3v) is 10.1. The molecular formula is C28H51N. The van der Waals surface area contributed by atoms with E-state index in [0.29, 0.717) is 10.8 Å². The van der Waals surface area contributed by atoms with Crippen LogP contribution in [0.4, 0.5) is 0 Å². The van der Waals surface area contributed by atoms with Crippen molar-refractivity contribution in [3.63, 3.8) is 0 Å². The summed E-state index contributed by atoms with van der Waals surface area (Å²) in [6, 6.07) is 2.39. The van der Waals surface area contributed by atoms with Gasteiger partial charge in [0.1, 0.15) is 0 Å². The third kappa shape index (κ3) is 4.43. The van der Waals surface area contributed by atoms with Crippen LogP contribution in [-0.2, 0) is 0 Å². The molecule has 4 saturated carbocycles. The minimum absolute atomic E-state index is 0.577. The summed E-state index contributed by atoms with van der Waals surface area (Å²) in [5.41, 5.74) is 1.25. The summed E-state index contributed by atoms with van der Waals surface area (Å²) in [6.45, 7) is 15.8. The Balaban J connectivity index is 0.000000707. The molecule has 0 saturated heterocycles. The molecule has 4 rings (SSSR count). The average molecular weight is 402 g/mol. The minimum Gasteiger partial charge on any atom is -0.198 e. The fraction of sp³-hybridized carbons (Fsp3) is 0.964. The molecule has 7 unspecified atom stereocenters. The summed E-state index contributed by atoms with van der Waals surface area (Å²) in [4.78, 5) is 0. The van der Waals surface area contributed by atoms with Gasteiger partial charge in [0.25, 0.3) is 0 Å². The molecule has 1 heteroatoms. The van der Waals surface area contributed by atoms with Gasteiger partial charge < -0.3 is 0 Å². The van der Waals surface area contributed by atoms with Crippen LogP contribution in [0, 0.1) is 57.7 Å². The molecule has 0 heterocycles. The van der Waals surface area contributed by atoms with Crippen LogP contribution in [0.15, 0.2) is 0 Å². The van der Waals surface area contributed by atoms with Crippen molar-refractivity contribution in [2.75, 3.05) is 0 Å². The number of rotatable bonds is 3. The molecule has 4 aliphatic carbocycles. The Morgan fingerprint density at radius 1 is 0.828 bits per heavy atom. The van der Waals surface area contributed by atoms with Crippen LogP contribution in [0.3, 0.4) is 0 Å². The smallest absolute Gasteiger partial charge is 0.0621 e. The van der Waals surface area contributed by atoms with Crippen LogP contribution in [0.5, 0.6) is 0 Å². The van der Waals surface area contributed by atoms with Crippen molar-refractivity contribution in [2.24, 2.45) is 46.3 Å². The minimum atomic E-state index is 0.577. The van der Waals surface area contributed by atoms with Crippen LogP contribution in [0.2, 0.25) is 0 Å². The third-order valence-electron chi connectivity index (χ3n) is 10.1. The van der Waals surface area contributed by atoms with Crippen molar-refractivity contribution in [2.45, 2.75) is 126 Å². The molecule has 168 valence electrons. The Morgan fingerprint density at radius 2 is 1.52 bits per heavy atom. The Morgan fingerprint density at radius 3 is 2.21 bits per heavy atom. The number of fused-ring (bicyclic) bond motifs is 5. The standard InChI is InChI=1S/C24H39N.2C2H6/c1-17(7-6-16-25)20-11-12-21-19-10-9-18-8-4-5-14-23(18,2)22(19)13-15-24(20,21)3;2*1-2/h17-22H,4-15H2,1-3H3;2*1-2H3/t17-,18?,19?,20?,21?,22?,23?,24?;;/m1../s1. The molecular weight excluding hydrogens is 350 g/mol. The molecule has 4 aliphatic rings. The SMILES string of the molecule is CC.CC.C[C@H](CCC#N)C1CCC2C3CCC4CCCCC4(C)C3CCC21C. The molecule has 0 aromatic carbocycles. The molecule has 0 bridgehead atoms. The summed E-state index contributed by atoms with van der Waals surface area (Å²) >= 11 is 0. The van der Waals surface area contributed by atoms with Crippen LogP contribution < -0.4 is 0 Å². The maximum absolute atomic E-state index is 9.00. The fourth-order valence-corrected chi connectivity index (χ4v) is 8.76. The van der Waals surface area contributed by atoms with E-state index in [1.165, 1.54) is 64.2 Å². The Kier molecular flexibility index (Phi) is 9.12. The van der Waals surface area contributed by atoms with Gasteiger partial charge >= 0.3 is 0 Å². The van der Waals surface area contributed by atoms with E-state index < -0.39 is 0 Å². The molecule has 8 atom stereocenters. The van der Waals surface area contributed by atoms with Crippen molar-refractivity contribution in [1.82, 2.24) is 0 Å². The highest BCUT2D eigenvalue weighted by Crippen LogP contribution is 2.68. The van der Waals surface area contributed by atoms with Gasteiger partial charge in [0, 0.05) is 6.42 Å². The van der Waals surface area contributed by atoms with Crippen molar-refractivity contribution in [3.8, 4) is 6.07 Å². The highest BCUT2D eigenvalue weighted by molar-refractivity contribution is 5.09. The largest absolute Gasteiger partial charge is 0.198 e. The van der Waals surface area contributed by atoms with Gasteiger partial charge in [-0.15, -0.1) is 0 Å². The summed E-state index contributed by atoms with van der Waals surface area (Å²) < 4.78 is 0. The number of hydrogen-bond acceptors (Lipinski definition) is 1. The first-order valence-corrected chi connectivity index (χ1v) is 13.4. The van der Waals surface area contributed by atoms with Crippen LogP contribution >= 0.6 is 0 Å². The summed E-state index contributed by atoms with van der Waals surface area (Å²) in [5.74, 6) is 5.69. The lowest BCUT2D eigenvalue weighted by Crippen LogP contribution is -2.53. The Labute approximate surface area is 183 Å². The summed E-state index contributed by atoms with van der Waals surface area (Å²) in [5, 5.41) is 9.00. The van der Waals surface area contributed by atoms with Gasteiger partial charge in [-0.2, -0.15) is 5.26 Å². The molecule has 29 heavy (non-hydrogen) atoms. The summed E-state index contributed by atoms with van der Waals surface area (Å²) in [7, 11) is 0. The second-order valence-electron chi connectivity index (χ2n) is 10.8. The normalized spacial score (nSPS) is 43.7. The first-order valence-electron chi connectivity index (χ1n) is 13.4. The van der Waals surface area contributed by atoms with Crippen LogP contribution in [0.1, 0.15) is 126 Å². The molecule has 4 fully saturated rings. The predicted octanol–water partition coefficient (Wildman–Crippen LogP) is 9.03. The maximum atomic E-state index is 9.00. The number of nitrogens with zero attached hydrogens (tertiary/aromatic N) is 1. The van der Waals surface area contributed by atoms with Gasteiger partial charge in [0.05, 0.1) is 6.07 Å². The zero-order valence-electron chi connectivity index (χ0n) is 20.9. The van der Waals surface area contributed by atoms with E-state index in [4.69, 9.17) is 5.26 Å². The van der Waals surface area contributed by atoms with E-state index in [1.54, 1.807) is 0 Å². The van der Waals surface area contributed by atoms with E-state index in [0.717, 1.165) is 48.3 Å². The van der Waals surface area contributed by atoms with Gasteiger partial charge in [-0.25, -0.2) is 0 Å².